The van der Waals surface area contributed by atoms with Gasteiger partial charge in [-0.25, -0.2) is 8.78 Å². The van der Waals surface area contributed by atoms with Gasteiger partial charge in [0, 0.05) is 11.6 Å². The predicted molar refractivity (Wildman–Crippen MR) is 64.3 cm³/mol. The molecule has 0 fully saturated rings. The van der Waals surface area contributed by atoms with Gasteiger partial charge in [0.2, 0.25) is 5.75 Å². The number of para-hydroxylation sites is 1. The van der Waals surface area contributed by atoms with Gasteiger partial charge in [0.25, 0.3) is 0 Å². The lowest BCUT2D eigenvalue weighted by atomic mass is 10.2. The second-order valence-corrected chi connectivity index (χ2v) is 3.86. The average Bonchev–Trinajstić information content (AvgIpc) is 2.32. The Hall–Kier alpha value is -2.50. The second-order valence-electron chi connectivity index (χ2n) is 3.86. The third kappa shape index (κ3) is 2.67. The molecular formula is C13H9F2NO3. The monoisotopic (exact) mass is 265 g/mol. The highest BCUT2D eigenvalue weighted by Crippen LogP contribution is 2.34. The number of hydrogen-bond acceptors (Lipinski definition) is 3. The molecule has 19 heavy (non-hydrogen) atoms. The normalized spacial score (nSPS) is 10.3. The van der Waals surface area contributed by atoms with Gasteiger partial charge in [0.05, 0.1) is 4.92 Å². The number of benzene rings is 2. The van der Waals surface area contributed by atoms with Gasteiger partial charge in [0.1, 0.15) is 5.82 Å². The zero-order chi connectivity index (χ0) is 14.0. The molecule has 0 unspecified atom stereocenters. The van der Waals surface area contributed by atoms with Crippen LogP contribution in [0.25, 0.3) is 0 Å². The Kier molecular flexibility index (Phi) is 3.41. The van der Waals surface area contributed by atoms with Gasteiger partial charge in [-0.2, -0.15) is 0 Å². The van der Waals surface area contributed by atoms with Crippen LogP contribution in [-0.2, 0) is 0 Å². The predicted octanol–water partition coefficient (Wildman–Crippen LogP) is 3.97. The first-order chi connectivity index (χ1) is 8.99. The molecule has 0 aliphatic carbocycles. The molecule has 0 N–H and O–H groups in total. The zero-order valence-corrected chi connectivity index (χ0v) is 9.89. The van der Waals surface area contributed by atoms with E-state index in [0.717, 1.165) is 12.1 Å². The number of ether oxygens (including phenoxy) is 1. The summed E-state index contributed by atoms with van der Waals surface area (Å²) in [5.41, 5.74) is 0.149. The van der Waals surface area contributed by atoms with E-state index in [4.69, 9.17) is 4.74 Å². The van der Waals surface area contributed by atoms with Crippen molar-refractivity contribution in [2.45, 2.75) is 6.92 Å². The highest BCUT2D eigenvalue weighted by molar-refractivity contribution is 5.53. The van der Waals surface area contributed by atoms with Gasteiger partial charge < -0.3 is 4.74 Å². The first kappa shape index (κ1) is 12.9. The van der Waals surface area contributed by atoms with Crippen LogP contribution in [-0.4, -0.2) is 4.92 Å². The second kappa shape index (κ2) is 5.01. The van der Waals surface area contributed by atoms with Gasteiger partial charge in [-0.3, -0.25) is 10.1 Å². The summed E-state index contributed by atoms with van der Waals surface area (Å²) < 4.78 is 31.3. The van der Waals surface area contributed by atoms with E-state index in [1.54, 1.807) is 19.1 Å². The van der Waals surface area contributed by atoms with Crippen molar-refractivity contribution in [3.8, 4) is 11.5 Å². The molecule has 2 aromatic rings. The molecule has 4 nitrogen and oxygen atoms in total. The maximum atomic E-state index is 13.4. The summed E-state index contributed by atoms with van der Waals surface area (Å²) in [5, 5.41) is 10.9. The van der Waals surface area contributed by atoms with E-state index in [2.05, 4.69) is 0 Å². The number of rotatable bonds is 3. The fraction of sp³-hybridized carbons (Fsp3) is 0.0769. The van der Waals surface area contributed by atoms with Crippen molar-refractivity contribution in [1.82, 2.24) is 0 Å². The van der Waals surface area contributed by atoms with Gasteiger partial charge in [-0.15, -0.1) is 0 Å². The van der Waals surface area contributed by atoms with E-state index in [0.29, 0.717) is 11.6 Å². The lowest BCUT2D eigenvalue weighted by Crippen LogP contribution is -1.97. The minimum absolute atomic E-state index is 0.0875. The van der Waals surface area contributed by atoms with Crippen LogP contribution in [0.4, 0.5) is 14.5 Å². The Morgan fingerprint density at radius 1 is 1.16 bits per heavy atom. The average molecular weight is 265 g/mol. The largest absolute Gasteiger partial charge is 0.447 e. The van der Waals surface area contributed by atoms with Crippen LogP contribution >= 0.6 is 0 Å². The summed E-state index contributed by atoms with van der Waals surface area (Å²) in [6.07, 6.45) is 0. The number of nitro benzene ring substituents is 1. The number of halogens is 2. The molecule has 0 saturated heterocycles. The highest BCUT2D eigenvalue weighted by atomic mass is 19.1. The summed E-state index contributed by atoms with van der Waals surface area (Å²) in [6, 6.07) is 7.20. The van der Waals surface area contributed by atoms with Crippen LogP contribution in [0.3, 0.4) is 0 Å². The van der Waals surface area contributed by atoms with Crippen molar-refractivity contribution >= 4 is 5.69 Å². The van der Waals surface area contributed by atoms with Crippen molar-refractivity contribution in [2.75, 3.05) is 0 Å². The molecule has 6 heteroatoms. The molecule has 0 aliphatic heterocycles. The van der Waals surface area contributed by atoms with E-state index < -0.39 is 16.6 Å². The molecule has 0 aromatic heterocycles. The molecule has 0 amide bonds. The fourth-order valence-electron chi connectivity index (χ4n) is 1.62. The molecule has 0 atom stereocenters. The van der Waals surface area contributed by atoms with Crippen LogP contribution in [0.15, 0.2) is 36.4 Å². The van der Waals surface area contributed by atoms with Crippen LogP contribution in [0.5, 0.6) is 11.5 Å². The van der Waals surface area contributed by atoms with Crippen molar-refractivity contribution in [3.05, 3.63) is 63.7 Å². The van der Waals surface area contributed by atoms with E-state index in [1.807, 2.05) is 0 Å². The highest BCUT2D eigenvalue weighted by Gasteiger charge is 2.19. The Labute approximate surface area is 107 Å². The number of hydrogen-bond donors (Lipinski definition) is 0. The first-order valence-corrected chi connectivity index (χ1v) is 5.36. The fourth-order valence-corrected chi connectivity index (χ4v) is 1.62. The van der Waals surface area contributed by atoms with Crippen molar-refractivity contribution in [2.24, 2.45) is 0 Å². The van der Waals surface area contributed by atoms with E-state index in [1.165, 1.54) is 6.07 Å². The summed E-state index contributed by atoms with van der Waals surface area (Å²) >= 11 is 0. The summed E-state index contributed by atoms with van der Waals surface area (Å²) in [7, 11) is 0. The standard InChI is InChI=1S/C13H9F2NO3/c1-8-3-2-4-12(13(8)16(17)18)19-11-6-5-9(14)7-10(11)15/h2-7H,1H3. The topological polar surface area (TPSA) is 52.4 Å². The third-order valence-corrected chi connectivity index (χ3v) is 2.50. The Morgan fingerprint density at radius 2 is 1.89 bits per heavy atom. The quantitative estimate of drug-likeness (QED) is 0.623. The molecule has 0 heterocycles. The molecule has 0 bridgehead atoms. The molecule has 0 spiro atoms. The molecule has 0 saturated carbocycles. The smallest absolute Gasteiger partial charge is 0.314 e. The zero-order valence-electron chi connectivity index (χ0n) is 9.89. The summed E-state index contributed by atoms with van der Waals surface area (Å²) in [5.74, 6) is -2.02. The van der Waals surface area contributed by atoms with Crippen molar-refractivity contribution < 1.29 is 18.4 Å². The summed E-state index contributed by atoms with van der Waals surface area (Å²) in [4.78, 5) is 10.3. The number of nitrogens with zero attached hydrogens (tertiary/aromatic N) is 1. The molecular weight excluding hydrogens is 256 g/mol. The van der Waals surface area contributed by atoms with Gasteiger partial charge in [0.15, 0.2) is 11.6 Å². The van der Waals surface area contributed by atoms with Gasteiger partial charge in [-0.05, 0) is 25.1 Å². The number of nitro groups is 1. The Balaban J connectivity index is 2.44. The van der Waals surface area contributed by atoms with Crippen molar-refractivity contribution in [1.29, 1.82) is 0 Å². The molecule has 2 aromatic carbocycles. The van der Waals surface area contributed by atoms with Gasteiger partial charge >= 0.3 is 5.69 Å². The van der Waals surface area contributed by atoms with E-state index >= 15 is 0 Å². The first-order valence-electron chi connectivity index (χ1n) is 5.36. The maximum Gasteiger partial charge on any atom is 0.314 e. The molecule has 0 radical (unpaired) electrons. The molecule has 0 aliphatic rings. The Bertz CT molecular complexity index is 644. The van der Waals surface area contributed by atoms with Crippen LogP contribution in [0.1, 0.15) is 5.56 Å². The minimum atomic E-state index is -0.921. The van der Waals surface area contributed by atoms with E-state index in [-0.39, 0.29) is 17.2 Å². The molecule has 98 valence electrons. The maximum absolute atomic E-state index is 13.4. The third-order valence-electron chi connectivity index (χ3n) is 2.50. The lowest BCUT2D eigenvalue weighted by molar-refractivity contribution is -0.386. The Morgan fingerprint density at radius 3 is 2.53 bits per heavy atom. The lowest BCUT2D eigenvalue weighted by Gasteiger charge is -2.08. The minimum Gasteiger partial charge on any atom is -0.447 e. The van der Waals surface area contributed by atoms with Crippen LogP contribution < -0.4 is 4.74 Å². The number of aryl methyl sites for hydroxylation is 1. The summed E-state index contributed by atoms with van der Waals surface area (Å²) in [6.45, 7) is 1.55. The van der Waals surface area contributed by atoms with Crippen LogP contribution in [0, 0.1) is 28.7 Å². The van der Waals surface area contributed by atoms with Gasteiger partial charge in [-0.1, -0.05) is 12.1 Å². The molecule has 2 rings (SSSR count). The van der Waals surface area contributed by atoms with Crippen LogP contribution in [0.2, 0.25) is 0 Å². The van der Waals surface area contributed by atoms with Crippen molar-refractivity contribution in [3.63, 3.8) is 0 Å². The van der Waals surface area contributed by atoms with E-state index in [9.17, 15) is 18.9 Å². The SMILES string of the molecule is Cc1cccc(Oc2ccc(F)cc2F)c1[N+](=O)[O-].